The van der Waals surface area contributed by atoms with Crippen LogP contribution in [0.4, 0.5) is 5.69 Å². The summed E-state index contributed by atoms with van der Waals surface area (Å²) in [4.78, 5) is 17.7. The average Bonchev–Trinajstić information content (AvgIpc) is 2.74. The smallest absolute Gasteiger partial charge is 0.256 e. The van der Waals surface area contributed by atoms with E-state index in [1.165, 1.54) is 0 Å². The summed E-state index contributed by atoms with van der Waals surface area (Å²) in [5.41, 5.74) is 3.85. The van der Waals surface area contributed by atoms with Gasteiger partial charge in [-0.1, -0.05) is 60.7 Å². The van der Waals surface area contributed by atoms with Gasteiger partial charge in [0.25, 0.3) is 5.91 Å². The fourth-order valence-corrected chi connectivity index (χ4v) is 3.00. The van der Waals surface area contributed by atoms with E-state index in [0.29, 0.717) is 16.8 Å². The monoisotopic (exact) mass is 349 g/mol. The Morgan fingerprint density at radius 1 is 0.889 bits per heavy atom. The number of anilines is 1. The molecule has 4 rings (SSSR count). The Morgan fingerprint density at radius 3 is 2.41 bits per heavy atom. The minimum absolute atomic E-state index is 0.270. The molecule has 1 amide bonds. The Morgan fingerprint density at radius 2 is 1.59 bits per heavy atom. The van der Waals surface area contributed by atoms with Crippen molar-refractivity contribution in [3.8, 4) is 17.3 Å². The number of aromatic nitrogens is 1. The van der Waals surface area contributed by atoms with Crippen molar-refractivity contribution < 1.29 is 4.79 Å². The van der Waals surface area contributed by atoms with Crippen LogP contribution in [-0.2, 0) is 0 Å². The number of carbonyl (C=O) groups excluding carboxylic acids is 1. The first-order valence-corrected chi connectivity index (χ1v) is 8.52. The number of nitrogens with one attached hydrogen (secondary N) is 1. The number of fused-ring (bicyclic) bond motifs is 1. The standard InChI is InChI=1S/C23H15N3O/c24-15-17-10-4-6-12-20(17)26-23(27)19-14-22(16-8-2-1-3-9-16)25-21-13-7-5-11-18(19)21/h1-14H,(H,26,27). The van der Waals surface area contributed by atoms with Crippen molar-refractivity contribution in [2.24, 2.45) is 0 Å². The van der Waals surface area contributed by atoms with E-state index >= 15 is 0 Å². The Hall–Kier alpha value is -3.97. The van der Waals surface area contributed by atoms with Gasteiger partial charge in [-0.2, -0.15) is 5.26 Å². The zero-order chi connectivity index (χ0) is 18.6. The third-order valence-electron chi connectivity index (χ3n) is 4.33. The first-order valence-electron chi connectivity index (χ1n) is 8.52. The molecule has 128 valence electrons. The van der Waals surface area contributed by atoms with Gasteiger partial charge in [-0.15, -0.1) is 0 Å². The second-order valence-electron chi connectivity index (χ2n) is 6.05. The molecular formula is C23H15N3O. The van der Waals surface area contributed by atoms with Crippen molar-refractivity contribution >= 4 is 22.5 Å². The summed E-state index contributed by atoms with van der Waals surface area (Å²) < 4.78 is 0. The van der Waals surface area contributed by atoms with E-state index in [1.54, 1.807) is 30.3 Å². The maximum Gasteiger partial charge on any atom is 0.256 e. The van der Waals surface area contributed by atoms with Crippen molar-refractivity contribution in [2.75, 3.05) is 5.32 Å². The molecule has 4 aromatic rings. The maximum atomic E-state index is 13.0. The fraction of sp³-hybridized carbons (Fsp3) is 0. The molecule has 1 aromatic heterocycles. The van der Waals surface area contributed by atoms with Crippen LogP contribution in [0.1, 0.15) is 15.9 Å². The molecule has 0 atom stereocenters. The van der Waals surface area contributed by atoms with E-state index in [9.17, 15) is 10.1 Å². The zero-order valence-electron chi connectivity index (χ0n) is 14.4. The quantitative estimate of drug-likeness (QED) is 0.564. The molecule has 0 bridgehead atoms. The van der Waals surface area contributed by atoms with Crippen LogP contribution >= 0.6 is 0 Å². The Kier molecular flexibility index (Phi) is 4.34. The Bertz CT molecular complexity index is 1180. The van der Waals surface area contributed by atoms with Crippen molar-refractivity contribution in [1.82, 2.24) is 4.98 Å². The molecule has 3 aromatic carbocycles. The van der Waals surface area contributed by atoms with E-state index in [2.05, 4.69) is 11.4 Å². The second kappa shape index (κ2) is 7.11. The molecule has 0 saturated carbocycles. The van der Waals surface area contributed by atoms with Gasteiger partial charge in [-0.3, -0.25) is 4.79 Å². The van der Waals surface area contributed by atoms with Gasteiger partial charge in [-0.25, -0.2) is 4.98 Å². The number of nitrogens with zero attached hydrogens (tertiary/aromatic N) is 2. The molecule has 27 heavy (non-hydrogen) atoms. The second-order valence-corrected chi connectivity index (χ2v) is 6.05. The van der Waals surface area contributed by atoms with Gasteiger partial charge in [0, 0.05) is 10.9 Å². The molecule has 0 spiro atoms. The predicted octanol–water partition coefficient (Wildman–Crippen LogP) is 5.03. The molecule has 4 nitrogen and oxygen atoms in total. The van der Waals surface area contributed by atoms with Crippen LogP contribution in [0.5, 0.6) is 0 Å². The first-order chi connectivity index (χ1) is 13.3. The first kappa shape index (κ1) is 16.5. The number of rotatable bonds is 3. The van der Waals surface area contributed by atoms with Gasteiger partial charge in [0.1, 0.15) is 6.07 Å². The minimum atomic E-state index is -0.270. The van der Waals surface area contributed by atoms with Crippen molar-refractivity contribution in [3.63, 3.8) is 0 Å². The molecule has 0 aliphatic heterocycles. The average molecular weight is 349 g/mol. The largest absolute Gasteiger partial charge is 0.321 e. The lowest BCUT2D eigenvalue weighted by molar-refractivity contribution is 0.102. The third-order valence-corrected chi connectivity index (χ3v) is 4.33. The lowest BCUT2D eigenvalue weighted by Gasteiger charge is -2.11. The number of hydrogen-bond donors (Lipinski definition) is 1. The number of benzene rings is 3. The van der Waals surface area contributed by atoms with Crippen molar-refractivity contribution in [1.29, 1.82) is 5.26 Å². The van der Waals surface area contributed by atoms with Gasteiger partial charge in [0.05, 0.1) is 28.0 Å². The number of para-hydroxylation sites is 2. The van der Waals surface area contributed by atoms with E-state index in [-0.39, 0.29) is 5.91 Å². The molecule has 0 fully saturated rings. The Balaban J connectivity index is 1.83. The van der Waals surface area contributed by atoms with E-state index in [1.807, 2.05) is 54.6 Å². The fourth-order valence-electron chi connectivity index (χ4n) is 3.00. The van der Waals surface area contributed by atoms with Gasteiger partial charge >= 0.3 is 0 Å². The molecular weight excluding hydrogens is 334 g/mol. The summed E-state index contributed by atoms with van der Waals surface area (Å²) in [5.74, 6) is -0.270. The normalized spacial score (nSPS) is 10.3. The van der Waals surface area contributed by atoms with E-state index in [4.69, 9.17) is 4.98 Å². The number of hydrogen-bond acceptors (Lipinski definition) is 3. The van der Waals surface area contributed by atoms with Crippen molar-refractivity contribution in [2.45, 2.75) is 0 Å². The lowest BCUT2D eigenvalue weighted by atomic mass is 10.0. The van der Waals surface area contributed by atoms with Crippen LogP contribution < -0.4 is 5.32 Å². The van der Waals surface area contributed by atoms with Gasteiger partial charge < -0.3 is 5.32 Å². The minimum Gasteiger partial charge on any atom is -0.321 e. The zero-order valence-corrected chi connectivity index (χ0v) is 14.4. The molecule has 0 aliphatic rings. The molecule has 0 radical (unpaired) electrons. The van der Waals surface area contributed by atoms with E-state index < -0.39 is 0 Å². The van der Waals surface area contributed by atoms with E-state index in [0.717, 1.165) is 22.2 Å². The summed E-state index contributed by atoms with van der Waals surface area (Å²) in [6.45, 7) is 0. The van der Waals surface area contributed by atoms with Crippen molar-refractivity contribution in [3.05, 3.63) is 96.1 Å². The Labute approximate surface area is 156 Å². The summed E-state index contributed by atoms with van der Waals surface area (Å²) >= 11 is 0. The third kappa shape index (κ3) is 3.26. The van der Waals surface area contributed by atoms with Crippen LogP contribution in [0.3, 0.4) is 0 Å². The predicted molar refractivity (Wildman–Crippen MR) is 106 cm³/mol. The summed E-state index contributed by atoms with van der Waals surface area (Å²) in [7, 11) is 0. The molecule has 1 N–H and O–H groups in total. The SMILES string of the molecule is N#Cc1ccccc1NC(=O)c1cc(-c2ccccc2)nc2ccccc12. The molecule has 4 heteroatoms. The number of amides is 1. The van der Waals surface area contributed by atoms with Crippen LogP contribution in [-0.4, -0.2) is 10.9 Å². The highest BCUT2D eigenvalue weighted by molar-refractivity contribution is 6.13. The molecule has 1 heterocycles. The molecule has 0 unspecified atom stereocenters. The van der Waals surface area contributed by atoms with Gasteiger partial charge in [0.2, 0.25) is 0 Å². The summed E-state index contributed by atoms with van der Waals surface area (Å²) in [5, 5.41) is 12.9. The molecule has 0 aliphatic carbocycles. The van der Waals surface area contributed by atoms with Crippen LogP contribution in [0.25, 0.3) is 22.2 Å². The molecule has 0 saturated heterocycles. The number of nitriles is 1. The highest BCUT2D eigenvalue weighted by Crippen LogP contribution is 2.26. The highest BCUT2D eigenvalue weighted by atomic mass is 16.1. The van der Waals surface area contributed by atoms with Gasteiger partial charge in [-0.05, 0) is 24.3 Å². The van der Waals surface area contributed by atoms with Crippen LogP contribution in [0.2, 0.25) is 0 Å². The summed E-state index contributed by atoms with van der Waals surface area (Å²) in [6.07, 6.45) is 0. The van der Waals surface area contributed by atoms with Gasteiger partial charge in [0.15, 0.2) is 0 Å². The lowest BCUT2D eigenvalue weighted by Crippen LogP contribution is -2.14. The highest BCUT2D eigenvalue weighted by Gasteiger charge is 2.15. The topological polar surface area (TPSA) is 65.8 Å². The number of pyridine rings is 1. The number of carbonyl (C=O) groups is 1. The summed E-state index contributed by atoms with van der Waals surface area (Å²) in [6, 6.07) is 28.1. The van der Waals surface area contributed by atoms with Crippen LogP contribution in [0.15, 0.2) is 84.9 Å². The maximum absolute atomic E-state index is 13.0. The van der Waals surface area contributed by atoms with Crippen LogP contribution in [0, 0.1) is 11.3 Å².